The summed E-state index contributed by atoms with van der Waals surface area (Å²) in [5.74, 6) is 0.941. The van der Waals surface area contributed by atoms with E-state index in [9.17, 15) is 0 Å². The van der Waals surface area contributed by atoms with Gasteiger partial charge >= 0.3 is 0 Å². The maximum absolute atomic E-state index is 8.73. The molecule has 0 atom stereocenters. The average Bonchev–Trinajstić information content (AvgIpc) is 2.67. The Balaban J connectivity index is 2.36. The molecule has 0 aliphatic carbocycles. The largest absolute Gasteiger partial charge is 0.438 e. The Morgan fingerprint density at radius 1 is 1.38 bits per heavy atom. The maximum atomic E-state index is 8.73. The minimum absolute atomic E-state index is 0.180. The van der Waals surface area contributed by atoms with Crippen LogP contribution in [0.5, 0.6) is 0 Å². The number of aromatic nitrogens is 2. The molecule has 0 bridgehead atoms. The van der Waals surface area contributed by atoms with Crippen molar-refractivity contribution in [2.45, 2.75) is 6.61 Å². The fourth-order valence-electron chi connectivity index (χ4n) is 1.03. The molecule has 0 saturated carbocycles. The van der Waals surface area contributed by atoms with Crippen molar-refractivity contribution in [3.63, 3.8) is 0 Å². The van der Waals surface area contributed by atoms with Crippen molar-refractivity contribution in [3.05, 3.63) is 36.6 Å². The van der Waals surface area contributed by atoms with Crippen molar-refractivity contribution in [2.24, 2.45) is 0 Å². The fourth-order valence-corrected chi connectivity index (χ4v) is 1.03. The Hall–Kier alpha value is -1.68. The van der Waals surface area contributed by atoms with Crippen LogP contribution in [0, 0.1) is 0 Å². The molecule has 0 saturated heterocycles. The highest BCUT2D eigenvalue weighted by atomic mass is 16.4. The summed E-state index contributed by atoms with van der Waals surface area (Å²) >= 11 is 0. The lowest BCUT2D eigenvalue weighted by Gasteiger charge is -1.92. The number of hydrogen-bond donors (Lipinski definition) is 1. The van der Waals surface area contributed by atoms with Crippen LogP contribution in [-0.4, -0.2) is 15.1 Å². The van der Waals surface area contributed by atoms with Crippen LogP contribution in [0.15, 0.2) is 35.1 Å². The number of rotatable bonds is 2. The van der Waals surface area contributed by atoms with Gasteiger partial charge in [-0.3, -0.25) is 4.98 Å². The van der Waals surface area contributed by atoms with E-state index in [1.54, 1.807) is 18.6 Å². The highest BCUT2D eigenvalue weighted by Gasteiger charge is 2.04. The first-order chi connectivity index (χ1) is 6.40. The molecule has 0 fully saturated rings. The Morgan fingerprint density at radius 2 is 2.31 bits per heavy atom. The van der Waals surface area contributed by atoms with Gasteiger partial charge in [-0.1, -0.05) is 0 Å². The zero-order valence-electron chi connectivity index (χ0n) is 6.84. The molecule has 2 rings (SSSR count). The van der Waals surface area contributed by atoms with E-state index in [1.165, 1.54) is 0 Å². The summed E-state index contributed by atoms with van der Waals surface area (Å²) in [6, 6.07) is 3.69. The summed E-state index contributed by atoms with van der Waals surface area (Å²) in [6.07, 6.45) is 4.94. The van der Waals surface area contributed by atoms with Gasteiger partial charge in [0, 0.05) is 18.0 Å². The van der Waals surface area contributed by atoms with E-state index < -0.39 is 0 Å². The molecule has 66 valence electrons. The predicted molar refractivity (Wildman–Crippen MR) is 45.7 cm³/mol. The van der Waals surface area contributed by atoms with Gasteiger partial charge in [-0.2, -0.15) is 0 Å². The van der Waals surface area contributed by atoms with Crippen LogP contribution < -0.4 is 0 Å². The summed E-state index contributed by atoms with van der Waals surface area (Å²) in [4.78, 5) is 7.81. The average molecular weight is 176 g/mol. The van der Waals surface area contributed by atoms with Crippen LogP contribution in [0.1, 0.15) is 5.89 Å². The molecule has 0 aliphatic rings. The van der Waals surface area contributed by atoms with Crippen LogP contribution in [0.25, 0.3) is 11.3 Å². The first-order valence-electron chi connectivity index (χ1n) is 3.86. The molecule has 13 heavy (non-hydrogen) atoms. The minimum atomic E-state index is -0.180. The van der Waals surface area contributed by atoms with Crippen molar-refractivity contribution in [1.82, 2.24) is 9.97 Å². The van der Waals surface area contributed by atoms with Crippen LogP contribution in [0.4, 0.5) is 0 Å². The van der Waals surface area contributed by atoms with Gasteiger partial charge in [-0.25, -0.2) is 4.98 Å². The number of oxazole rings is 1. The summed E-state index contributed by atoms with van der Waals surface area (Å²) < 4.78 is 5.22. The Labute approximate surface area is 74.9 Å². The quantitative estimate of drug-likeness (QED) is 0.747. The topological polar surface area (TPSA) is 59.2 Å². The maximum Gasteiger partial charge on any atom is 0.220 e. The van der Waals surface area contributed by atoms with Crippen molar-refractivity contribution >= 4 is 0 Å². The van der Waals surface area contributed by atoms with E-state index in [2.05, 4.69) is 9.97 Å². The summed E-state index contributed by atoms with van der Waals surface area (Å²) in [7, 11) is 0. The van der Waals surface area contributed by atoms with E-state index in [4.69, 9.17) is 9.52 Å². The first kappa shape index (κ1) is 7.94. The third-order valence-electron chi connectivity index (χ3n) is 1.63. The second-order valence-electron chi connectivity index (χ2n) is 2.52. The number of nitrogens with zero attached hydrogens (tertiary/aromatic N) is 2. The van der Waals surface area contributed by atoms with Gasteiger partial charge in [0.1, 0.15) is 6.61 Å². The lowest BCUT2D eigenvalue weighted by atomic mass is 10.2. The molecule has 2 aromatic rings. The van der Waals surface area contributed by atoms with Gasteiger partial charge in [0.05, 0.1) is 6.20 Å². The molecule has 0 aromatic carbocycles. The van der Waals surface area contributed by atoms with E-state index in [-0.39, 0.29) is 6.61 Å². The molecule has 2 heterocycles. The molecule has 4 nitrogen and oxygen atoms in total. The van der Waals surface area contributed by atoms with Crippen molar-refractivity contribution in [2.75, 3.05) is 0 Å². The highest BCUT2D eigenvalue weighted by molar-refractivity contribution is 5.54. The van der Waals surface area contributed by atoms with Crippen LogP contribution in [0.3, 0.4) is 0 Å². The molecule has 1 N–H and O–H groups in total. The Morgan fingerprint density at radius 3 is 2.92 bits per heavy atom. The third kappa shape index (κ3) is 1.57. The lowest BCUT2D eigenvalue weighted by Crippen LogP contribution is -1.78. The summed E-state index contributed by atoms with van der Waals surface area (Å²) in [5.41, 5.74) is 0.856. The predicted octanol–water partition coefficient (Wildman–Crippen LogP) is 1.23. The second-order valence-corrected chi connectivity index (χ2v) is 2.52. The van der Waals surface area contributed by atoms with Gasteiger partial charge in [-0.15, -0.1) is 0 Å². The molecule has 4 heteroatoms. The zero-order chi connectivity index (χ0) is 9.10. The standard InChI is InChI=1S/C9H8N2O2/c12-6-9-11-5-8(13-9)7-2-1-3-10-4-7/h1-5,12H,6H2. The van der Waals surface area contributed by atoms with Gasteiger partial charge in [0.2, 0.25) is 5.89 Å². The molecule has 0 radical (unpaired) electrons. The number of aliphatic hydroxyl groups excluding tert-OH is 1. The van der Waals surface area contributed by atoms with Crippen LogP contribution in [0.2, 0.25) is 0 Å². The number of pyridine rings is 1. The lowest BCUT2D eigenvalue weighted by molar-refractivity contribution is 0.241. The number of aliphatic hydroxyl groups is 1. The molecule has 0 amide bonds. The smallest absolute Gasteiger partial charge is 0.220 e. The molecule has 0 aliphatic heterocycles. The number of hydrogen-bond acceptors (Lipinski definition) is 4. The third-order valence-corrected chi connectivity index (χ3v) is 1.63. The summed E-state index contributed by atoms with van der Waals surface area (Å²) in [5, 5.41) is 8.73. The normalized spacial score (nSPS) is 10.2. The molecule has 0 spiro atoms. The second kappa shape index (κ2) is 3.37. The van der Waals surface area contributed by atoms with E-state index in [0.29, 0.717) is 11.7 Å². The Bertz CT molecular complexity index is 384. The van der Waals surface area contributed by atoms with E-state index in [1.807, 2.05) is 12.1 Å². The molecule has 0 unspecified atom stereocenters. The Kier molecular flexibility index (Phi) is 2.06. The minimum Gasteiger partial charge on any atom is -0.438 e. The van der Waals surface area contributed by atoms with Crippen LogP contribution in [-0.2, 0) is 6.61 Å². The monoisotopic (exact) mass is 176 g/mol. The first-order valence-corrected chi connectivity index (χ1v) is 3.86. The molecular weight excluding hydrogens is 168 g/mol. The van der Waals surface area contributed by atoms with Crippen molar-refractivity contribution in [1.29, 1.82) is 0 Å². The van der Waals surface area contributed by atoms with Crippen LogP contribution >= 0.6 is 0 Å². The van der Waals surface area contributed by atoms with Gasteiger partial charge in [0.15, 0.2) is 5.76 Å². The molecule has 2 aromatic heterocycles. The van der Waals surface area contributed by atoms with Crippen molar-refractivity contribution in [3.8, 4) is 11.3 Å². The van der Waals surface area contributed by atoms with Gasteiger partial charge < -0.3 is 9.52 Å². The van der Waals surface area contributed by atoms with Crippen molar-refractivity contribution < 1.29 is 9.52 Å². The van der Waals surface area contributed by atoms with E-state index >= 15 is 0 Å². The zero-order valence-corrected chi connectivity index (χ0v) is 6.84. The fraction of sp³-hybridized carbons (Fsp3) is 0.111. The van der Waals surface area contributed by atoms with E-state index in [0.717, 1.165) is 5.56 Å². The summed E-state index contributed by atoms with van der Waals surface area (Å²) in [6.45, 7) is -0.180. The molecular formula is C9H8N2O2. The van der Waals surface area contributed by atoms with Gasteiger partial charge in [-0.05, 0) is 12.1 Å². The SMILES string of the molecule is OCc1ncc(-c2cccnc2)o1. The highest BCUT2D eigenvalue weighted by Crippen LogP contribution is 2.18. The van der Waals surface area contributed by atoms with Gasteiger partial charge in [0.25, 0.3) is 0 Å².